The van der Waals surface area contributed by atoms with Crippen LogP contribution in [0.3, 0.4) is 0 Å². The predicted molar refractivity (Wildman–Crippen MR) is 70.5 cm³/mol. The number of tetrazole rings is 1. The molecule has 1 aliphatic heterocycles. The molecule has 0 bridgehead atoms. The normalized spacial score (nSPS) is 19.5. The van der Waals surface area contributed by atoms with Gasteiger partial charge in [-0.15, -0.1) is 5.10 Å². The standard InChI is InChI=1S/C12H14N4O2S/c17-10-5-3-9(4-6-10)16-12(13-14-15-16)19-11-2-1-7-18-8-11/h3-6,11,17H,1-2,7-8H2. The summed E-state index contributed by atoms with van der Waals surface area (Å²) in [6.07, 6.45) is 2.20. The van der Waals surface area contributed by atoms with E-state index in [1.807, 2.05) is 0 Å². The van der Waals surface area contributed by atoms with E-state index in [2.05, 4.69) is 15.5 Å². The highest BCUT2D eigenvalue weighted by atomic mass is 32.2. The highest BCUT2D eigenvalue weighted by molar-refractivity contribution is 7.99. The third-order valence-corrected chi connectivity index (χ3v) is 4.10. The Morgan fingerprint density at radius 2 is 2.16 bits per heavy atom. The van der Waals surface area contributed by atoms with Crippen molar-refractivity contribution >= 4 is 11.8 Å². The van der Waals surface area contributed by atoms with E-state index in [9.17, 15) is 5.11 Å². The zero-order chi connectivity index (χ0) is 13.1. The number of phenolic OH excluding ortho intramolecular Hbond substituents is 1. The van der Waals surface area contributed by atoms with Crippen LogP contribution in [0.5, 0.6) is 5.75 Å². The van der Waals surface area contributed by atoms with E-state index < -0.39 is 0 Å². The molecule has 1 atom stereocenters. The molecule has 1 aliphatic rings. The minimum Gasteiger partial charge on any atom is -0.508 e. The Kier molecular flexibility index (Phi) is 3.65. The summed E-state index contributed by atoms with van der Waals surface area (Å²) >= 11 is 1.64. The summed E-state index contributed by atoms with van der Waals surface area (Å²) in [7, 11) is 0. The van der Waals surface area contributed by atoms with Crippen LogP contribution in [0.4, 0.5) is 0 Å². The minimum atomic E-state index is 0.228. The van der Waals surface area contributed by atoms with Crippen molar-refractivity contribution in [2.24, 2.45) is 0 Å². The van der Waals surface area contributed by atoms with Crippen molar-refractivity contribution in [3.63, 3.8) is 0 Å². The second kappa shape index (κ2) is 5.58. The summed E-state index contributed by atoms with van der Waals surface area (Å²) in [4.78, 5) is 0. The smallest absolute Gasteiger partial charge is 0.214 e. The van der Waals surface area contributed by atoms with Gasteiger partial charge < -0.3 is 9.84 Å². The van der Waals surface area contributed by atoms with E-state index in [1.165, 1.54) is 0 Å². The van der Waals surface area contributed by atoms with Crippen molar-refractivity contribution in [2.75, 3.05) is 13.2 Å². The Morgan fingerprint density at radius 1 is 1.32 bits per heavy atom. The van der Waals surface area contributed by atoms with Crippen LogP contribution >= 0.6 is 11.8 Å². The lowest BCUT2D eigenvalue weighted by Gasteiger charge is -2.20. The van der Waals surface area contributed by atoms with Crippen LogP contribution in [0.25, 0.3) is 5.69 Å². The van der Waals surface area contributed by atoms with Crippen molar-refractivity contribution < 1.29 is 9.84 Å². The first-order chi connectivity index (χ1) is 9.33. The molecule has 0 spiro atoms. The minimum absolute atomic E-state index is 0.228. The summed E-state index contributed by atoms with van der Waals surface area (Å²) < 4.78 is 7.14. The highest BCUT2D eigenvalue weighted by Crippen LogP contribution is 2.28. The van der Waals surface area contributed by atoms with Gasteiger partial charge in [-0.2, -0.15) is 4.68 Å². The molecule has 100 valence electrons. The van der Waals surface area contributed by atoms with Gasteiger partial charge in [0.1, 0.15) is 5.75 Å². The van der Waals surface area contributed by atoms with E-state index in [0.29, 0.717) is 5.25 Å². The number of nitrogens with zero attached hydrogens (tertiary/aromatic N) is 4. The van der Waals surface area contributed by atoms with Gasteiger partial charge >= 0.3 is 0 Å². The number of benzene rings is 1. The predicted octanol–water partition coefficient (Wildman–Crippen LogP) is 1.64. The highest BCUT2D eigenvalue weighted by Gasteiger charge is 2.19. The molecular formula is C12H14N4O2S. The van der Waals surface area contributed by atoms with Gasteiger partial charge in [0.2, 0.25) is 5.16 Å². The molecule has 0 amide bonds. The van der Waals surface area contributed by atoms with Crippen molar-refractivity contribution in [3.05, 3.63) is 24.3 Å². The van der Waals surface area contributed by atoms with Crippen molar-refractivity contribution in [1.29, 1.82) is 0 Å². The molecule has 1 saturated heterocycles. The molecule has 0 saturated carbocycles. The first-order valence-corrected chi connectivity index (χ1v) is 7.03. The fraction of sp³-hybridized carbons (Fsp3) is 0.417. The average Bonchev–Trinajstić information content (AvgIpc) is 2.89. The number of thioether (sulfide) groups is 1. The lowest BCUT2D eigenvalue weighted by molar-refractivity contribution is 0.101. The Balaban J connectivity index is 1.79. The van der Waals surface area contributed by atoms with E-state index >= 15 is 0 Å². The molecule has 0 radical (unpaired) electrons. The van der Waals surface area contributed by atoms with E-state index in [0.717, 1.165) is 36.9 Å². The van der Waals surface area contributed by atoms with Crippen molar-refractivity contribution in [3.8, 4) is 11.4 Å². The van der Waals surface area contributed by atoms with E-state index in [4.69, 9.17) is 4.74 Å². The van der Waals surface area contributed by atoms with Crippen LogP contribution in [-0.2, 0) is 4.74 Å². The maximum atomic E-state index is 9.30. The largest absolute Gasteiger partial charge is 0.508 e. The second-order valence-corrected chi connectivity index (χ2v) is 5.61. The number of aromatic nitrogens is 4. The summed E-state index contributed by atoms with van der Waals surface area (Å²) in [5.74, 6) is 0.228. The summed E-state index contributed by atoms with van der Waals surface area (Å²) in [6.45, 7) is 1.59. The molecule has 2 heterocycles. The topological polar surface area (TPSA) is 73.1 Å². The van der Waals surface area contributed by atoms with Gasteiger partial charge in [0, 0.05) is 11.9 Å². The SMILES string of the molecule is Oc1ccc(-n2nnnc2SC2CCCOC2)cc1. The van der Waals surface area contributed by atoms with Crippen LogP contribution in [0.1, 0.15) is 12.8 Å². The summed E-state index contributed by atoms with van der Waals surface area (Å²) in [6, 6.07) is 6.81. The molecule has 2 aromatic rings. The quantitative estimate of drug-likeness (QED) is 0.920. The zero-order valence-corrected chi connectivity index (χ0v) is 11.1. The molecule has 1 aromatic heterocycles. The van der Waals surface area contributed by atoms with Gasteiger partial charge in [0.15, 0.2) is 0 Å². The Hall–Kier alpha value is -1.60. The fourth-order valence-electron chi connectivity index (χ4n) is 1.96. The number of hydrogen-bond donors (Lipinski definition) is 1. The number of ether oxygens (including phenoxy) is 1. The molecule has 1 fully saturated rings. The second-order valence-electron chi connectivity index (χ2n) is 4.35. The van der Waals surface area contributed by atoms with E-state index in [1.54, 1.807) is 40.7 Å². The first-order valence-electron chi connectivity index (χ1n) is 6.15. The van der Waals surface area contributed by atoms with Crippen molar-refractivity contribution in [2.45, 2.75) is 23.2 Å². The zero-order valence-electron chi connectivity index (χ0n) is 10.3. The molecule has 1 N–H and O–H groups in total. The van der Waals surface area contributed by atoms with Crippen LogP contribution in [0.2, 0.25) is 0 Å². The van der Waals surface area contributed by atoms with Gasteiger partial charge in [-0.25, -0.2) is 0 Å². The maximum absolute atomic E-state index is 9.30. The van der Waals surface area contributed by atoms with Gasteiger partial charge in [-0.05, 0) is 47.5 Å². The first kappa shape index (κ1) is 12.4. The van der Waals surface area contributed by atoms with Gasteiger partial charge in [-0.3, -0.25) is 0 Å². The molecule has 6 nitrogen and oxygen atoms in total. The van der Waals surface area contributed by atoms with Gasteiger partial charge in [-0.1, -0.05) is 11.8 Å². The summed E-state index contributed by atoms with van der Waals surface area (Å²) in [5, 5.41) is 22.2. The van der Waals surface area contributed by atoms with E-state index in [-0.39, 0.29) is 5.75 Å². The molecule has 1 unspecified atom stereocenters. The Morgan fingerprint density at radius 3 is 2.89 bits per heavy atom. The van der Waals surface area contributed by atoms with Gasteiger partial charge in [0.05, 0.1) is 12.3 Å². The van der Waals surface area contributed by atoms with Crippen LogP contribution in [0, 0.1) is 0 Å². The van der Waals surface area contributed by atoms with Crippen LogP contribution < -0.4 is 0 Å². The Bertz CT molecular complexity index is 537. The molecule has 3 rings (SSSR count). The molecule has 1 aromatic carbocycles. The summed E-state index contributed by atoms with van der Waals surface area (Å²) in [5.41, 5.74) is 0.835. The maximum Gasteiger partial charge on any atom is 0.214 e. The molecule has 19 heavy (non-hydrogen) atoms. The third kappa shape index (κ3) is 2.87. The molecule has 0 aliphatic carbocycles. The van der Waals surface area contributed by atoms with Crippen LogP contribution in [0.15, 0.2) is 29.4 Å². The van der Waals surface area contributed by atoms with Crippen molar-refractivity contribution in [1.82, 2.24) is 20.2 Å². The molecule has 7 heteroatoms. The third-order valence-electron chi connectivity index (χ3n) is 2.93. The molecular weight excluding hydrogens is 264 g/mol. The number of hydrogen-bond acceptors (Lipinski definition) is 6. The number of aromatic hydroxyl groups is 1. The Labute approximate surface area is 114 Å². The lowest BCUT2D eigenvalue weighted by Crippen LogP contribution is -2.19. The van der Waals surface area contributed by atoms with Crippen LogP contribution in [-0.4, -0.2) is 43.8 Å². The van der Waals surface area contributed by atoms with Gasteiger partial charge in [0.25, 0.3) is 0 Å². The monoisotopic (exact) mass is 278 g/mol. The average molecular weight is 278 g/mol. The lowest BCUT2D eigenvalue weighted by atomic mass is 10.2. The fourth-order valence-corrected chi connectivity index (χ4v) is 3.03. The number of rotatable bonds is 3. The number of phenols is 1.